The Morgan fingerprint density at radius 2 is 1.55 bits per heavy atom. The first-order valence-corrected chi connectivity index (χ1v) is 9.40. The van der Waals surface area contributed by atoms with Crippen LogP contribution in [0.3, 0.4) is 0 Å². The summed E-state index contributed by atoms with van der Waals surface area (Å²) < 4.78 is 45.3. The zero-order chi connectivity index (χ0) is 22.4. The van der Waals surface area contributed by atoms with Crippen molar-refractivity contribution in [3.8, 4) is 5.75 Å². The Labute approximate surface area is 180 Å². The van der Waals surface area contributed by atoms with Crippen LogP contribution in [0.25, 0.3) is 0 Å². The van der Waals surface area contributed by atoms with E-state index < -0.39 is 41.5 Å². The highest BCUT2D eigenvalue weighted by molar-refractivity contribution is 6.30. The summed E-state index contributed by atoms with van der Waals surface area (Å²) in [5, 5.41) is 5.03. The molecule has 2 amide bonds. The van der Waals surface area contributed by atoms with Crippen LogP contribution in [0.1, 0.15) is 15.9 Å². The van der Waals surface area contributed by atoms with E-state index in [1.165, 1.54) is 0 Å². The first-order valence-electron chi connectivity index (χ1n) is 9.02. The second kappa shape index (κ2) is 9.99. The standard InChI is InChI=1S/C22H16ClF3N2O3/c23-15-5-7-16(8-6-15)31-12-13-1-3-14(4-2-13)22(30)27-11-19(29)28-18-10-9-17(24)20(25)21(18)26/h1-10H,11-12H2,(H,27,30)(H,28,29). The third kappa shape index (κ3) is 5.99. The van der Waals surface area contributed by atoms with E-state index >= 15 is 0 Å². The summed E-state index contributed by atoms with van der Waals surface area (Å²) in [5.74, 6) is -5.27. The SMILES string of the molecule is O=C(CNC(=O)c1ccc(COc2ccc(Cl)cc2)cc1)Nc1ccc(F)c(F)c1F. The molecule has 0 saturated carbocycles. The van der Waals surface area contributed by atoms with E-state index in [0.29, 0.717) is 22.4 Å². The topological polar surface area (TPSA) is 67.4 Å². The Balaban J connectivity index is 1.49. The predicted octanol–water partition coefficient (Wildman–Crippen LogP) is 4.70. The van der Waals surface area contributed by atoms with Gasteiger partial charge in [-0.25, -0.2) is 13.2 Å². The number of halogens is 4. The maximum absolute atomic E-state index is 13.6. The first kappa shape index (κ1) is 22.2. The van der Waals surface area contributed by atoms with Gasteiger partial charge in [-0.05, 0) is 54.1 Å². The summed E-state index contributed by atoms with van der Waals surface area (Å²) in [6.45, 7) is -0.204. The van der Waals surface area contributed by atoms with E-state index in [1.54, 1.807) is 48.5 Å². The van der Waals surface area contributed by atoms with Gasteiger partial charge in [0, 0.05) is 10.6 Å². The molecule has 0 radical (unpaired) electrons. The van der Waals surface area contributed by atoms with Crippen molar-refractivity contribution in [2.45, 2.75) is 6.61 Å². The molecule has 3 aromatic carbocycles. The van der Waals surface area contributed by atoms with Gasteiger partial charge in [-0.1, -0.05) is 23.7 Å². The Kier molecular flexibility index (Phi) is 7.15. The highest BCUT2D eigenvalue weighted by atomic mass is 35.5. The minimum absolute atomic E-state index is 0.283. The molecule has 0 spiro atoms. The average molecular weight is 449 g/mol. The van der Waals surface area contributed by atoms with Crippen molar-refractivity contribution in [2.75, 3.05) is 11.9 Å². The minimum Gasteiger partial charge on any atom is -0.489 e. The van der Waals surface area contributed by atoms with E-state index in [1.807, 2.05) is 0 Å². The van der Waals surface area contributed by atoms with Crippen LogP contribution >= 0.6 is 11.6 Å². The average Bonchev–Trinajstić information content (AvgIpc) is 2.78. The number of carbonyl (C=O) groups is 2. The van der Waals surface area contributed by atoms with Crippen molar-refractivity contribution in [3.63, 3.8) is 0 Å². The normalized spacial score (nSPS) is 10.5. The van der Waals surface area contributed by atoms with Crippen LogP contribution < -0.4 is 15.4 Å². The summed E-state index contributed by atoms with van der Waals surface area (Å²) in [6.07, 6.45) is 0. The maximum Gasteiger partial charge on any atom is 0.251 e. The van der Waals surface area contributed by atoms with Gasteiger partial charge >= 0.3 is 0 Å². The maximum atomic E-state index is 13.6. The molecule has 3 rings (SSSR count). The molecule has 0 heterocycles. The van der Waals surface area contributed by atoms with E-state index in [0.717, 1.165) is 11.6 Å². The molecule has 5 nitrogen and oxygen atoms in total. The number of rotatable bonds is 7. The Morgan fingerprint density at radius 3 is 2.23 bits per heavy atom. The van der Waals surface area contributed by atoms with Crippen LogP contribution in [0, 0.1) is 17.5 Å². The fourth-order valence-electron chi connectivity index (χ4n) is 2.53. The number of hydrogen-bond acceptors (Lipinski definition) is 3. The molecule has 160 valence electrons. The van der Waals surface area contributed by atoms with Crippen LogP contribution in [0.5, 0.6) is 5.75 Å². The molecule has 2 N–H and O–H groups in total. The highest BCUT2D eigenvalue weighted by Crippen LogP contribution is 2.19. The van der Waals surface area contributed by atoms with Gasteiger partial charge < -0.3 is 15.4 Å². The number of amides is 2. The first-order chi connectivity index (χ1) is 14.8. The summed E-state index contributed by atoms with van der Waals surface area (Å²) in [6, 6.07) is 15.0. The van der Waals surface area contributed by atoms with E-state index in [4.69, 9.17) is 16.3 Å². The van der Waals surface area contributed by atoms with E-state index in [9.17, 15) is 22.8 Å². The van der Waals surface area contributed by atoms with E-state index in [-0.39, 0.29) is 6.61 Å². The van der Waals surface area contributed by atoms with Gasteiger partial charge in [0.25, 0.3) is 5.91 Å². The number of nitrogens with one attached hydrogen (secondary N) is 2. The lowest BCUT2D eigenvalue weighted by atomic mass is 10.1. The largest absolute Gasteiger partial charge is 0.489 e. The van der Waals surface area contributed by atoms with Crippen molar-refractivity contribution in [1.82, 2.24) is 5.32 Å². The van der Waals surface area contributed by atoms with Crippen molar-refractivity contribution in [1.29, 1.82) is 0 Å². The van der Waals surface area contributed by atoms with Gasteiger partial charge in [0.1, 0.15) is 12.4 Å². The Bertz CT molecular complexity index is 1090. The second-order valence-electron chi connectivity index (χ2n) is 6.39. The molecule has 0 aliphatic heterocycles. The van der Waals surface area contributed by atoms with Gasteiger partial charge in [0.15, 0.2) is 17.5 Å². The Hall–Kier alpha value is -3.52. The Morgan fingerprint density at radius 1 is 0.871 bits per heavy atom. The smallest absolute Gasteiger partial charge is 0.251 e. The summed E-state index contributed by atoms with van der Waals surface area (Å²) in [7, 11) is 0. The zero-order valence-electron chi connectivity index (χ0n) is 15.9. The van der Waals surface area contributed by atoms with E-state index in [2.05, 4.69) is 10.6 Å². The van der Waals surface area contributed by atoms with Gasteiger partial charge in [-0.15, -0.1) is 0 Å². The molecule has 9 heteroatoms. The van der Waals surface area contributed by atoms with Crippen LogP contribution in [-0.2, 0) is 11.4 Å². The number of anilines is 1. The van der Waals surface area contributed by atoms with Gasteiger partial charge in [-0.3, -0.25) is 9.59 Å². The number of benzene rings is 3. The van der Waals surface area contributed by atoms with Crippen molar-refractivity contribution in [2.24, 2.45) is 0 Å². The molecular weight excluding hydrogens is 433 g/mol. The van der Waals surface area contributed by atoms with Crippen molar-refractivity contribution in [3.05, 3.63) is 94.3 Å². The lowest BCUT2D eigenvalue weighted by molar-refractivity contribution is -0.115. The zero-order valence-corrected chi connectivity index (χ0v) is 16.7. The summed E-state index contributed by atoms with van der Waals surface area (Å²) >= 11 is 5.82. The van der Waals surface area contributed by atoms with Crippen LogP contribution in [0.2, 0.25) is 5.02 Å². The predicted molar refractivity (Wildman–Crippen MR) is 110 cm³/mol. The lowest BCUT2D eigenvalue weighted by Crippen LogP contribution is -2.33. The molecule has 0 aliphatic rings. The quantitative estimate of drug-likeness (QED) is 0.515. The molecule has 0 aromatic heterocycles. The third-order valence-corrected chi connectivity index (χ3v) is 4.41. The highest BCUT2D eigenvalue weighted by Gasteiger charge is 2.16. The van der Waals surface area contributed by atoms with Crippen LogP contribution in [0.4, 0.5) is 18.9 Å². The van der Waals surface area contributed by atoms with Gasteiger partial charge in [0.2, 0.25) is 5.91 Å². The molecule has 31 heavy (non-hydrogen) atoms. The van der Waals surface area contributed by atoms with Crippen LogP contribution in [-0.4, -0.2) is 18.4 Å². The monoisotopic (exact) mass is 448 g/mol. The number of carbonyl (C=O) groups excluding carboxylic acids is 2. The third-order valence-electron chi connectivity index (χ3n) is 4.15. The number of hydrogen-bond donors (Lipinski definition) is 2. The fraction of sp³-hybridized carbons (Fsp3) is 0.0909. The lowest BCUT2D eigenvalue weighted by Gasteiger charge is -2.09. The van der Waals surface area contributed by atoms with Gasteiger partial charge in [-0.2, -0.15) is 0 Å². The van der Waals surface area contributed by atoms with Crippen molar-refractivity contribution < 1.29 is 27.5 Å². The van der Waals surface area contributed by atoms with Crippen molar-refractivity contribution >= 4 is 29.1 Å². The second-order valence-corrected chi connectivity index (χ2v) is 6.83. The number of ether oxygens (including phenoxy) is 1. The molecule has 0 atom stereocenters. The minimum atomic E-state index is -1.69. The molecule has 0 bridgehead atoms. The summed E-state index contributed by atoms with van der Waals surface area (Å²) in [4.78, 5) is 24.0. The molecule has 0 unspecified atom stereocenters. The van der Waals surface area contributed by atoms with Crippen LogP contribution in [0.15, 0.2) is 60.7 Å². The molecule has 0 saturated heterocycles. The summed E-state index contributed by atoms with van der Waals surface area (Å²) in [5.41, 5.74) is 0.586. The molecule has 0 fully saturated rings. The van der Waals surface area contributed by atoms with Gasteiger partial charge in [0.05, 0.1) is 12.2 Å². The fourth-order valence-corrected chi connectivity index (χ4v) is 2.66. The molecule has 3 aromatic rings. The molecule has 0 aliphatic carbocycles. The molecular formula is C22H16ClF3N2O3.